The van der Waals surface area contributed by atoms with Gasteiger partial charge in [-0.3, -0.25) is 19.5 Å². The van der Waals surface area contributed by atoms with E-state index in [2.05, 4.69) is 32.7 Å². The van der Waals surface area contributed by atoms with E-state index in [-0.39, 0.29) is 18.0 Å². The summed E-state index contributed by atoms with van der Waals surface area (Å²) in [7, 11) is 3.15. The maximum absolute atomic E-state index is 12.8. The lowest BCUT2D eigenvalue weighted by atomic mass is 10.0. The second kappa shape index (κ2) is 8.17. The molecular formula is C23H21N5O4. The lowest BCUT2D eigenvalue weighted by molar-refractivity contribution is -0.137. The third kappa shape index (κ3) is 3.91. The van der Waals surface area contributed by atoms with Crippen LogP contribution in [-0.4, -0.2) is 64.2 Å². The van der Waals surface area contributed by atoms with Crippen molar-refractivity contribution >= 4 is 34.3 Å². The molecule has 1 aliphatic heterocycles. The van der Waals surface area contributed by atoms with Crippen molar-refractivity contribution < 1.29 is 19.5 Å². The average molecular weight is 431 g/mol. The third-order valence-corrected chi connectivity index (χ3v) is 5.31. The highest BCUT2D eigenvalue weighted by Gasteiger charge is 2.42. The fourth-order valence-electron chi connectivity index (χ4n) is 3.48. The Labute approximate surface area is 183 Å². The molecular weight excluding hydrogens is 410 g/mol. The summed E-state index contributed by atoms with van der Waals surface area (Å²) in [5.41, 5.74) is 0.509. The molecule has 1 saturated heterocycles. The molecule has 4 N–H and O–H groups in total. The SMILES string of the molecule is CNC(=O)c1ccc2[nH]nc(C(=O)Nc3cccc(C#C[C@]4(O)CCN(C)C4=O)c3)c2c1. The summed E-state index contributed by atoms with van der Waals surface area (Å²) in [5.74, 6) is 4.33. The van der Waals surface area contributed by atoms with Gasteiger partial charge in [0.15, 0.2) is 5.69 Å². The number of carbonyl (C=O) groups is 3. The molecule has 3 amide bonds. The monoisotopic (exact) mass is 431 g/mol. The lowest BCUT2D eigenvalue weighted by Crippen LogP contribution is -2.37. The molecule has 1 aromatic heterocycles. The summed E-state index contributed by atoms with van der Waals surface area (Å²) >= 11 is 0. The van der Waals surface area contributed by atoms with Gasteiger partial charge < -0.3 is 20.6 Å². The van der Waals surface area contributed by atoms with Crippen LogP contribution in [0, 0.1) is 11.8 Å². The van der Waals surface area contributed by atoms with Crippen molar-refractivity contribution in [2.24, 2.45) is 0 Å². The predicted molar refractivity (Wildman–Crippen MR) is 118 cm³/mol. The van der Waals surface area contributed by atoms with Gasteiger partial charge in [0.05, 0.1) is 5.52 Å². The Morgan fingerprint density at radius 1 is 1.22 bits per heavy atom. The van der Waals surface area contributed by atoms with E-state index < -0.39 is 17.4 Å². The first-order valence-corrected chi connectivity index (χ1v) is 9.93. The van der Waals surface area contributed by atoms with Gasteiger partial charge >= 0.3 is 0 Å². The minimum absolute atomic E-state index is 0.149. The molecule has 162 valence electrons. The topological polar surface area (TPSA) is 127 Å². The van der Waals surface area contributed by atoms with Gasteiger partial charge in [-0.2, -0.15) is 5.10 Å². The Bertz CT molecular complexity index is 1300. The number of likely N-dealkylation sites (N-methyl/N-ethyl adjacent to an activating group) is 1. The van der Waals surface area contributed by atoms with E-state index in [1.807, 2.05) is 0 Å². The number of hydrogen-bond acceptors (Lipinski definition) is 5. The molecule has 1 fully saturated rings. The van der Waals surface area contributed by atoms with Gasteiger partial charge in [0.25, 0.3) is 17.7 Å². The van der Waals surface area contributed by atoms with Crippen molar-refractivity contribution in [1.82, 2.24) is 20.4 Å². The average Bonchev–Trinajstić information content (AvgIpc) is 3.34. The van der Waals surface area contributed by atoms with Crippen molar-refractivity contribution in [3.05, 3.63) is 59.3 Å². The number of nitrogens with one attached hydrogen (secondary N) is 3. The molecule has 0 radical (unpaired) electrons. The van der Waals surface area contributed by atoms with Gasteiger partial charge in [-0.05, 0) is 36.4 Å². The number of nitrogens with zero attached hydrogens (tertiary/aromatic N) is 2. The number of likely N-dealkylation sites (tertiary alicyclic amines) is 1. The number of rotatable bonds is 3. The van der Waals surface area contributed by atoms with E-state index in [4.69, 9.17) is 0 Å². The molecule has 4 rings (SSSR count). The molecule has 0 bridgehead atoms. The first kappa shape index (κ1) is 21.1. The number of benzene rings is 2. The molecule has 0 saturated carbocycles. The van der Waals surface area contributed by atoms with Crippen LogP contribution in [0.3, 0.4) is 0 Å². The van der Waals surface area contributed by atoms with Crippen LogP contribution >= 0.6 is 0 Å². The van der Waals surface area contributed by atoms with Gasteiger partial charge in [0.2, 0.25) is 5.60 Å². The van der Waals surface area contributed by atoms with Gasteiger partial charge in [-0.15, -0.1) is 0 Å². The van der Waals surface area contributed by atoms with E-state index in [1.54, 1.807) is 49.5 Å². The van der Waals surface area contributed by atoms with Gasteiger partial charge in [0, 0.05) is 49.3 Å². The number of amides is 3. The van der Waals surface area contributed by atoms with Crippen LogP contribution in [0.5, 0.6) is 0 Å². The van der Waals surface area contributed by atoms with Gasteiger partial charge in [0.1, 0.15) is 0 Å². The van der Waals surface area contributed by atoms with Crippen LogP contribution < -0.4 is 10.6 Å². The number of fused-ring (bicyclic) bond motifs is 1. The molecule has 0 unspecified atom stereocenters. The lowest BCUT2D eigenvalue weighted by Gasteiger charge is -2.13. The number of aliphatic hydroxyl groups is 1. The quantitative estimate of drug-likeness (QED) is 0.462. The largest absolute Gasteiger partial charge is 0.369 e. The fourth-order valence-corrected chi connectivity index (χ4v) is 3.48. The van der Waals surface area contributed by atoms with Gasteiger partial charge in [-0.1, -0.05) is 17.9 Å². The molecule has 0 aliphatic carbocycles. The standard InChI is InChI=1S/C23H21N5O4/c1-24-20(29)15-6-7-18-17(13-15)19(27-26-18)21(30)25-16-5-3-4-14(12-16)8-9-23(32)10-11-28(2)22(23)31/h3-7,12-13,32H,10-11H2,1-2H3,(H,24,29)(H,25,30)(H,26,27)/t23-/m0/s1. The molecule has 2 heterocycles. The van der Waals surface area contributed by atoms with E-state index >= 15 is 0 Å². The van der Waals surface area contributed by atoms with Crippen molar-refractivity contribution in [3.8, 4) is 11.8 Å². The first-order valence-electron chi connectivity index (χ1n) is 9.93. The van der Waals surface area contributed by atoms with E-state index in [0.717, 1.165) is 0 Å². The number of aromatic nitrogens is 2. The van der Waals surface area contributed by atoms with E-state index in [0.29, 0.717) is 34.3 Å². The second-order valence-corrected chi connectivity index (χ2v) is 7.53. The first-order chi connectivity index (χ1) is 15.3. The smallest absolute Gasteiger partial charge is 0.276 e. The predicted octanol–water partition coefficient (Wildman–Crippen LogP) is 1.12. The summed E-state index contributed by atoms with van der Waals surface area (Å²) in [6.45, 7) is 0.444. The molecule has 1 atom stereocenters. The minimum atomic E-state index is -1.69. The number of hydrogen-bond donors (Lipinski definition) is 4. The number of carbonyl (C=O) groups excluding carboxylic acids is 3. The highest BCUT2D eigenvalue weighted by molar-refractivity contribution is 6.12. The molecule has 2 aromatic carbocycles. The zero-order chi connectivity index (χ0) is 22.9. The zero-order valence-corrected chi connectivity index (χ0v) is 17.5. The van der Waals surface area contributed by atoms with Crippen molar-refractivity contribution in [2.75, 3.05) is 26.0 Å². The van der Waals surface area contributed by atoms with Gasteiger partial charge in [-0.25, -0.2) is 0 Å². The van der Waals surface area contributed by atoms with Crippen LogP contribution in [0.25, 0.3) is 10.9 Å². The third-order valence-electron chi connectivity index (χ3n) is 5.31. The maximum atomic E-state index is 12.8. The van der Waals surface area contributed by atoms with Crippen molar-refractivity contribution in [2.45, 2.75) is 12.0 Å². The van der Waals surface area contributed by atoms with E-state index in [9.17, 15) is 19.5 Å². The molecule has 0 spiro atoms. The van der Waals surface area contributed by atoms with Crippen LogP contribution in [0.2, 0.25) is 0 Å². The second-order valence-electron chi connectivity index (χ2n) is 7.53. The highest BCUT2D eigenvalue weighted by Crippen LogP contribution is 2.22. The zero-order valence-electron chi connectivity index (χ0n) is 17.5. The number of aromatic amines is 1. The summed E-state index contributed by atoms with van der Waals surface area (Å²) in [4.78, 5) is 38.2. The Kier molecular flexibility index (Phi) is 5.38. The summed E-state index contributed by atoms with van der Waals surface area (Å²) in [6.07, 6.45) is 0.246. The molecule has 1 aliphatic rings. The van der Waals surface area contributed by atoms with Crippen LogP contribution in [-0.2, 0) is 4.79 Å². The number of H-pyrrole nitrogens is 1. The maximum Gasteiger partial charge on any atom is 0.276 e. The Morgan fingerprint density at radius 3 is 2.75 bits per heavy atom. The highest BCUT2D eigenvalue weighted by atomic mass is 16.3. The van der Waals surface area contributed by atoms with Crippen LogP contribution in [0.15, 0.2) is 42.5 Å². The van der Waals surface area contributed by atoms with Crippen LogP contribution in [0.1, 0.15) is 32.8 Å². The summed E-state index contributed by atoms with van der Waals surface area (Å²) < 4.78 is 0. The normalized spacial score (nSPS) is 17.7. The Balaban J connectivity index is 1.56. The van der Waals surface area contributed by atoms with E-state index in [1.165, 1.54) is 11.9 Å². The Hall–Kier alpha value is -4.16. The van der Waals surface area contributed by atoms with Crippen molar-refractivity contribution in [3.63, 3.8) is 0 Å². The molecule has 9 heteroatoms. The summed E-state index contributed by atoms with van der Waals surface area (Å²) in [6, 6.07) is 11.7. The minimum Gasteiger partial charge on any atom is -0.369 e. The molecule has 9 nitrogen and oxygen atoms in total. The summed E-state index contributed by atoms with van der Waals surface area (Å²) in [5, 5.41) is 23.1. The van der Waals surface area contributed by atoms with Crippen LogP contribution in [0.4, 0.5) is 5.69 Å². The van der Waals surface area contributed by atoms with Crippen molar-refractivity contribution in [1.29, 1.82) is 0 Å². The molecule has 3 aromatic rings. The fraction of sp³-hybridized carbons (Fsp3) is 0.217. The Morgan fingerprint density at radius 2 is 2.03 bits per heavy atom. The number of anilines is 1. The molecule has 32 heavy (non-hydrogen) atoms.